The third-order valence-electron chi connectivity index (χ3n) is 3.53. The first-order valence-corrected chi connectivity index (χ1v) is 8.19. The van der Waals surface area contributed by atoms with Crippen LogP contribution in [0.2, 0.25) is 0 Å². The molecule has 1 heterocycles. The predicted octanol–water partition coefficient (Wildman–Crippen LogP) is -0.403. The monoisotopic (exact) mass is 274 g/mol. The van der Waals surface area contributed by atoms with Gasteiger partial charge in [-0.3, -0.25) is 4.99 Å². The molecule has 1 fully saturated rings. The summed E-state index contributed by atoms with van der Waals surface area (Å²) in [5.41, 5.74) is 0. The minimum atomic E-state index is -3.15. The van der Waals surface area contributed by atoms with Crippen LogP contribution in [0.3, 0.4) is 0 Å². The van der Waals surface area contributed by atoms with Crippen molar-refractivity contribution in [1.82, 2.24) is 14.9 Å². The molecule has 0 aromatic carbocycles. The highest BCUT2D eigenvalue weighted by Gasteiger charge is 2.20. The van der Waals surface area contributed by atoms with E-state index in [1.807, 2.05) is 11.9 Å². The van der Waals surface area contributed by atoms with Crippen molar-refractivity contribution >= 4 is 16.0 Å². The van der Waals surface area contributed by atoms with Crippen LogP contribution in [0.4, 0.5) is 0 Å². The Hall–Kier alpha value is -0.820. The number of hydrogen-bond donors (Lipinski definition) is 2. The van der Waals surface area contributed by atoms with Crippen molar-refractivity contribution in [2.75, 3.05) is 39.0 Å². The highest BCUT2D eigenvalue weighted by molar-refractivity contribution is 7.89. The number of likely N-dealkylation sites (N-methyl/N-ethyl adjacent to an activating group) is 1. The van der Waals surface area contributed by atoms with E-state index >= 15 is 0 Å². The van der Waals surface area contributed by atoms with E-state index in [1.54, 1.807) is 0 Å². The summed E-state index contributed by atoms with van der Waals surface area (Å²) in [6, 6.07) is 0. The number of nitrogens with zero attached hydrogens (tertiary/aromatic N) is 2. The molecule has 0 atom stereocenters. The fourth-order valence-electron chi connectivity index (χ4n) is 2.03. The van der Waals surface area contributed by atoms with Gasteiger partial charge in [-0.2, -0.15) is 0 Å². The van der Waals surface area contributed by atoms with Crippen molar-refractivity contribution in [3.8, 4) is 0 Å². The molecule has 0 aromatic heterocycles. The molecule has 0 unspecified atom stereocenters. The fourth-order valence-corrected chi connectivity index (χ4v) is 3.04. The normalized spacial score (nSPS) is 20.7. The van der Waals surface area contributed by atoms with E-state index in [-0.39, 0.29) is 5.75 Å². The average molecular weight is 274 g/mol. The summed E-state index contributed by atoms with van der Waals surface area (Å²) >= 11 is 0. The van der Waals surface area contributed by atoms with E-state index in [1.165, 1.54) is 6.42 Å². The molecule has 0 radical (unpaired) electrons. The van der Waals surface area contributed by atoms with Gasteiger partial charge in [0.1, 0.15) is 0 Å². The Morgan fingerprint density at radius 3 is 2.78 bits per heavy atom. The first-order chi connectivity index (χ1) is 8.57. The van der Waals surface area contributed by atoms with Gasteiger partial charge in [0.05, 0.1) is 12.3 Å². The zero-order valence-corrected chi connectivity index (χ0v) is 11.7. The topological polar surface area (TPSA) is 73.8 Å². The zero-order chi connectivity index (χ0) is 13.0. The second kappa shape index (κ2) is 5.88. The van der Waals surface area contributed by atoms with Gasteiger partial charge in [-0.1, -0.05) is 6.42 Å². The number of nitrogens with one attached hydrogen (secondary N) is 2. The van der Waals surface area contributed by atoms with Gasteiger partial charge in [-0.25, -0.2) is 13.1 Å². The van der Waals surface area contributed by atoms with E-state index in [0.717, 1.165) is 31.9 Å². The number of aliphatic imine (C=N–C) groups is 1. The van der Waals surface area contributed by atoms with Crippen molar-refractivity contribution in [3.63, 3.8) is 0 Å². The lowest BCUT2D eigenvalue weighted by Crippen LogP contribution is -2.41. The lowest BCUT2D eigenvalue weighted by Gasteiger charge is -2.25. The van der Waals surface area contributed by atoms with Gasteiger partial charge < -0.3 is 10.2 Å². The molecule has 104 valence electrons. The molecule has 2 rings (SSSR count). The predicted molar refractivity (Wildman–Crippen MR) is 72.1 cm³/mol. The minimum Gasteiger partial charge on any atom is -0.355 e. The molecule has 0 spiro atoms. The molecule has 7 heteroatoms. The fraction of sp³-hybridized carbons (Fsp3) is 0.909. The molecule has 6 nitrogen and oxygen atoms in total. The highest BCUT2D eigenvalue weighted by atomic mass is 32.2. The van der Waals surface area contributed by atoms with Crippen LogP contribution in [0.5, 0.6) is 0 Å². The number of rotatable bonds is 6. The van der Waals surface area contributed by atoms with Crippen LogP contribution in [-0.2, 0) is 10.0 Å². The summed E-state index contributed by atoms with van der Waals surface area (Å²) < 4.78 is 26.1. The van der Waals surface area contributed by atoms with Gasteiger partial charge in [-0.05, 0) is 18.8 Å². The number of hydrogen-bond acceptors (Lipinski definition) is 5. The lowest BCUT2D eigenvalue weighted by molar-refractivity contribution is 0.316. The van der Waals surface area contributed by atoms with Crippen LogP contribution in [0.15, 0.2) is 4.99 Å². The molecule has 0 saturated heterocycles. The first-order valence-electron chi connectivity index (χ1n) is 6.53. The average Bonchev–Trinajstić information content (AvgIpc) is 2.62. The first kappa shape index (κ1) is 13.6. The second-order valence-corrected chi connectivity index (χ2v) is 6.94. The molecular formula is C11H22N4O2S. The Bertz CT molecular complexity index is 403. The summed E-state index contributed by atoms with van der Waals surface area (Å²) in [6.07, 6.45) is 3.55. The zero-order valence-electron chi connectivity index (χ0n) is 10.9. The highest BCUT2D eigenvalue weighted by Crippen LogP contribution is 2.25. The molecule has 1 saturated carbocycles. The molecule has 2 aliphatic rings. The van der Waals surface area contributed by atoms with E-state index < -0.39 is 10.0 Å². The smallest absolute Gasteiger partial charge is 0.213 e. The quantitative estimate of drug-likeness (QED) is 0.691. The van der Waals surface area contributed by atoms with Gasteiger partial charge >= 0.3 is 0 Å². The summed E-state index contributed by atoms with van der Waals surface area (Å²) in [7, 11) is -1.20. The Kier molecular flexibility index (Phi) is 4.45. The number of guanidine groups is 1. The van der Waals surface area contributed by atoms with Gasteiger partial charge in [0.25, 0.3) is 0 Å². The van der Waals surface area contributed by atoms with Gasteiger partial charge in [0.15, 0.2) is 5.96 Å². The van der Waals surface area contributed by atoms with E-state index in [2.05, 4.69) is 15.0 Å². The summed E-state index contributed by atoms with van der Waals surface area (Å²) in [5, 5.41) is 3.06. The Balaban J connectivity index is 1.65. The van der Waals surface area contributed by atoms with Crippen molar-refractivity contribution in [2.24, 2.45) is 10.9 Å². The summed E-state index contributed by atoms with van der Waals surface area (Å²) in [4.78, 5) is 6.24. The Morgan fingerprint density at radius 2 is 2.22 bits per heavy atom. The molecule has 1 aliphatic carbocycles. The largest absolute Gasteiger partial charge is 0.355 e. The number of sulfonamides is 1. The maximum absolute atomic E-state index is 11.7. The third kappa shape index (κ3) is 3.84. The molecule has 0 bridgehead atoms. The van der Waals surface area contributed by atoms with Crippen molar-refractivity contribution < 1.29 is 8.42 Å². The maximum Gasteiger partial charge on any atom is 0.213 e. The molecular weight excluding hydrogens is 252 g/mol. The van der Waals surface area contributed by atoms with E-state index in [0.29, 0.717) is 19.0 Å². The SMILES string of the molecule is CN1CCN=C1NCCS(=O)(=O)NCC1CCC1. The van der Waals surface area contributed by atoms with Crippen LogP contribution < -0.4 is 10.0 Å². The van der Waals surface area contributed by atoms with E-state index in [9.17, 15) is 8.42 Å². The second-order valence-electron chi connectivity index (χ2n) is 5.02. The standard InChI is InChI=1S/C11H22N4O2S/c1-15-7-5-12-11(15)13-6-8-18(16,17)14-9-10-3-2-4-10/h10,14H,2-9H2,1H3,(H,12,13). The molecule has 2 N–H and O–H groups in total. The van der Waals surface area contributed by atoms with Crippen molar-refractivity contribution in [3.05, 3.63) is 0 Å². The minimum absolute atomic E-state index is 0.104. The molecule has 0 aromatic rings. The van der Waals surface area contributed by atoms with Gasteiger partial charge in [0, 0.05) is 26.7 Å². The molecule has 18 heavy (non-hydrogen) atoms. The molecule has 0 amide bonds. The van der Waals surface area contributed by atoms with Crippen molar-refractivity contribution in [1.29, 1.82) is 0 Å². The van der Waals surface area contributed by atoms with Crippen LogP contribution in [0, 0.1) is 5.92 Å². The maximum atomic E-state index is 11.7. The Labute approximate surface area is 109 Å². The van der Waals surface area contributed by atoms with Crippen LogP contribution in [-0.4, -0.2) is 58.3 Å². The van der Waals surface area contributed by atoms with Crippen LogP contribution in [0.25, 0.3) is 0 Å². The summed E-state index contributed by atoms with van der Waals surface area (Å²) in [6.45, 7) is 2.69. The van der Waals surface area contributed by atoms with Crippen molar-refractivity contribution in [2.45, 2.75) is 19.3 Å². The lowest BCUT2D eigenvalue weighted by atomic mass is 9.86. The summed E-state index contributed by atoms with van der Waals surface area (Å²) in [5.74, 6) is 1.45. The van der Waals surface area contributed by atoms with Gasteiger partial charge in [0.2, 0.25) is 10.0 Å². The Morgan fingerprint density at radius 1 is 1.44 bits per heavy atom. The van der Waals surface area contributed by atoms with E-state index in [4.69, 9.17) is 0 Å². The third-order valence-corrected chi connectivity index (χ3v) is 4.88. The van der Waals surface area contributed by atoms with Crippen LogP contribution in [0.1, 0.15) is 19.3 Å². The van der Waals surface area contributed by atoms with Crippen LogP contribution >= 0.6 is 0 Å². The van der Waals surface area contributed by atoms with Gasteiger partial charge in [-0.15, -0.1) is 0 Å². The molecule has 1 aliphatic heterocycles.